The average Bonchev–Trinajstić information content (AvgIpc) is 2.95. The molecule has 1 aliphatic heterocycles. The van der Waals surface area contributed by atoms with Gasteiger partial charge in [0.05, 0.1) is 12.1 Å². The lowest BCUT2D eigenvalue weighted by Gasteiger charge is -2.32. The molecule has 6 nitrogen and oxygen atoms in total. The predicted molar refractivity (Wildman–Crippen MR) is 85.6 cm³/mol. The van der Waals surface area contributed by atoms with E-state index in [1.165, 1.54) is 5.56 Å². The first kappa shape index (κ1) is 15.7. The fourth-order valence-electron chi connectivity index (χ4n) is 2.92. The van der Waals surface area contributed by atoms with Gasteiger partial charge in [0.2, 0.25) is 5.91 Å². The highest BCUT2D eigenvalue weighted by atomic mass is 16.5. The van der Waals surface area contributed by atoms with Gasteiger partial charge in [-0.05, 0) is 31.4 Å². The molecule has 1 saturated heterocycles. The first-order chi connectivity index (χ1) is 11.2. The zero-order valence-corrected chi connectivity index (χ0v) is 13.4. The van der Waals surface area contributed by atoms with Crippen LogP contribution in [0.4, 0.5) is 0 Å². The molecule has 0 radical (unpaired) electrons. The van der Waals surface area contributed by atoms with Crippen LogP contribution in [0, 0.1) is 6.92 Å². The van der Waals surface area contributed by atoms with Crippen molar-refractivity contribution in [3.05, 3.63) is 47.6 Å². The Labute approximate surface area is 135 Å². The Morgan fingerprint density at radius 1 is 1.43 bits per heavy atom. The number of aryl methyl sites for hydroxylation is 1. The third kappa shape index (κ3) is 4.63. The molecule has 6 heteroatoms. The molecule has 3 rings (SSSR count). The second-order valence-electron chi connectivity index (χ2n) is 6.09. The Hall–Kier alpha value is -2.21. The van der Waals surface area contributed by atoms with E-state index in [0.29, 0.717) is 5.76 Å². The number of pyridine rings is 1. The molecule has 2 aromatic rings. The number of nitrogens with zero attached hydrogens (tertiary/aromatic N) is 3. The van der Waals surface area contributed by atoms with Gasteiger partial charge in [0, 0.05) is 44.1 Å². The molecule has 1 aliphatic rings. The van der Waals surface area contributed by atoms with E-state index in [2.05, 4.69) is 26.4 Å². The minimum atomic E-state index is 0.00635. The summed E-state index contributed by atoms with van der Waals surface area (Å²) in [5.74, 6) is 0.626. The highest BCUT2D eigenvalue weighted by Gasteiger charge is 2.21. The molecule has 0 aromatic carbocycles. The summed E-state index contributed by atoms with van der Waals surface area (Å²) in [6.07, 6.45) is 5.91. The van der Waals surface area contributed by atoms with Crippen molar-refractivity contribution < 1.29 is 9.32 Å². The number of carbonyl (C=O) groups excluding carboxylic acids is 1. The highest BCUT2D eigenvalue weighted by Crippen LogP contribution is 2.14. The van der Waals surface area contributed by atoms with Crippen LogP contribution in [0.15, 0.2) is 35.1 Å². The van der Waals surface area contributed by atoms with Gasteiger partial charge in [0.1, 0.15) is 5.76 Å². The maximum Gasteiger partial charge on any atom is 0.227 e. The number of piperidine rings is 1. The molecule has 0 saturated carbocycles. The highest BCUT2D eigenvalue weighted by molar-refractivity contribution is 5.78. The van der Waals surface area contributed by atoms with E-state index in [1.54, 1.807) is 12.3 Å². The fourth-order valence-corrected chi connectivity index (χ4v) is 2.92. The number of rotatable bonds is 5. The SMILES string of the molecule is Cc1cc(CC(=O)NC2CCN(Cc3cccnc3)CC2)on1. The standard InChI is InChI=1S/C17H22N4O2/c1-13-9-16(23-20-13)10-17(22)19-15-4-7-21(8-5-15)12-14-3-2-6-18-11-14/h2-3,6,9,11,15H,4-5,7-8,10,12H2,1H3,(H,19,22). The zero-order valence-electron chi connectivity index (χ0n) is 13.4. The topological polar surface area (TPSA) is 71.3 Å². The van der Waals surface area contributed by atoms with Crippen LogP contribution in [-0.4, -0.2) is 40.1 Å². The molecular weight excluding hydrogens is 292 g/mol. The van der Waals surface area contributed by atoms with Gasteiger partial charge in [-0.3, -0.25) is 14.7 Å². The molecule has 23 heavy (non-hydrogen) atoms. The van der Waals surface area contributed by atoms with Gasteiger partial charge in [0.15, 0.2) is 0 Å². The number of aromatic nitrogens is 2. The quantitative estimate of drug-likeness (QED) is 0.909. The summed E-state index contributed by atoms with van der Waals surface area (Å²) in [5, 5.41) is 6.89. The normalized spacial score (nSPS) is 16.4. The second kappa shape index (κ2) is 7.37. The van der Waals surface area contributed by atoms with Crippen LogP contribution in [0.25, 0.3) is 0 Å². The maximum atomic E-state index is 12.0. The summed E-state index contributed by atoms with van der Waals surface area (Å²) in [4.78, 5) is 18.6. The Bertz CT molecular complexity index is 633. The zero-order chi connectivity index (χ0) is 16.1. The molecule has 0 bridgehead atoms. The van der Waals surface area contributed by atoms with E-state index in [9.17, 15) is 4.79 Å². The lowest BCUT2D eigenvalue weighted by molar-refractivity contribution is -0.121. The van der Waals surface area contributed by atoms with Crippen LogP contribution >= 0.6 is 0 Å². The molecular formula is C17H22N4O2. The van der Waals surface area contributed by atoms with Crippen LogP contribution in [-0.2, 0) is 17.8 Å². The maximum absolute atomic E-state index is 12.0. The Morgan fingerprint density at radius 2 is 2.26 bits per heavy atom. The van der Waals surface area contributed by atoms with Crippen molar-refractivity contribution in [1.29, 1.82) is 0 Å². The molecule has 3 heterocycles. The van der Waals surface area contributed by atoms with Crippen molar-refractivity contribution in [3.8, 4) is 0 Å². The summed E-state index contributed by atoms with van der Waals surface area (Å²) >= 11 is 0. The van der Waals surface area contributed by atoms with Gasteiger partial charge in [-0.1, -0.05) is 11.2 Å². The summed E-state index contributed by atoms with van der Waals surface area (Å²) in [6.45, 7) is 4.75. The summed E-state index contributed by atoms with van der Waals surface area (Å²) < 4.78 is 5.08. The lowest BCUT2D eigenvalue weighted by atomic mass is 10.0. The van der Waals surface area contributed by atoms with Crippen LogP contribution in [0.2, 0.25) is 0 Å². The van der Waals surface area contributed by atoms with E-state index >= 15 is 0 Å². The number of hydrogen-bond acceptors (Lipinski definition) is 5. The first-order valence-corrected chi connectivity index (χ1v) is 8.02. The van der Waals surface area contributed by atoms with Crippen molar-refractivity contribution >= 4 is 5.91 Å². The van der Waals surface area contributed by atoms with Gasteiger partial charge in [0.25, 0.3) is 0 Å². The average molecular weight is 314 g/mol. The minimum Gasteiger partial charge on any atom is -0.361 e. The summed E-state index contributed by atoms with van der Waals surface area (Å²) in [7, 11) is 0. The van der Waals surface area contributed by atoms with Gasteiger partial charge >= 0.3 is 0 Å². The molecule has 1 N–H and O–H groups in total. The Balaban J connectivity index is 1.41. The predicted octanol–water partition coefficient (Wildman–Crippen LogP) is 1.70. The van der Waals surface area contributed by atoms with Gasteiger partial charge in [-0.2, -0.15) is 0 Å². The third-order valence-corrected chi connectivity index (χ3v) is 4.09. The van der Waals surface area contributed by atoms with Crippen LogP contribution in [0.3, 0.4) is 0 Å². The largest absolute Gasteiger partial charge is 0.361 e. The van der Waals surface area contributed by atoms with Gasteiger partial charge < -0.3 is 9.84 Å². The second-order valence-corrected chi connectivity index (χ2v) is 6.09. The minimum absolute atomic E-state index is 0.00635. The summed E-state index contributed by atoms with van der Waals surface area (Å²) in [5.41, 5.74) is 2.03. The third-order valence-electron chi connectivity index (χ3n) is 4.09. The van der Waals surface area contributed by atoms with Crippen molar-refractivity contribution in [2.24, 2.45) is 0 Å². The monoisotopic (exact) mass is 314 g/mol. The van der Waals surface area contributed by atoms with Gasteiger partial charge in [-0.25, -0.2) is 0 Å². The number of amides is 1. The van der Waals surface area contributed by atoms with Crippen LogP contribution in [0.5, 0.6) is 0 Å². The number of hydrogen-bond donors (Lipinski definition) is 1. The van der Waals surface area contributed by atoms with Crippen molar-refractivity contribution in [2.45, 2.75) is 38.8 Å². The molecule has 0 atom stereocenters. The van der Waals surface area contributed by atoms with Crippen LogP contribution in [0.1, 0.15) is 29.9 Å². The number of likely N-dealkylation sites (tertiary alicyclic amines) is 1. The first-order valence-electron chi connectivity index (χ1n) is 8.02. The van der Waals surface area contributed by atoms with Crippen molar-refractivity contribution in [1.82, 2.24) is 20.4 Å². The van der Waals surface area contributed by atoms with Crippen molar-refractivity contribution in [3.63, 3.8) is 0 Å². The number of nitrogens with one attached hydrogen (secondary N) is 1. The molecule has 0 unspecified atom stereocenters. The molecule has 0 spiro atoms. The molecule has 122 valence electrons. The van der Waals surface area contributed by atoms with E-state index in [4.69, 9.17) is 4.52 Å². The molecule has 1 amide bonds. The van der Waals surface area contributed by atoms with E-state index in [1.807, 2.05) is 19.2 Å². The lowest BCUT2D eigenvalue weighted by Crippen LogP contribution is -2.44. The Kier molecular flexibility index (Phi) is 5.02. The molecule has 1 fully saturated rings. The number of carbonyl (C=O) groups is 1. The molecule has 0 aliphatic carbocycles. The fraction of sp³-hybridized carbons (Fsp3) is 0.471. The molecule has 2 aromatic heterocycles. The van der Waals surface area contributed by atoms with E-state index < -0.39 is 0 Å². The Morgan fingerprint density at radius 3 is 2.91 bits per heavy atom. The van der Waals surface area contributed by atoms with Gasteiger partial charge in [-0.15, -0.1) is 0 Å². The van der Waals surface area contributed by atoms with E-state index in [0.717, 1.165) is 38.2 Å². The van der Waals surface area contributed by atoms with Crippen LogP contribution < -0.4 is 5.32 Å². The smallest absolute Gasteiger partial charge is 0.227 e. The van der Waals surface area contributed by atoms with Crippen molar-refractivity contribution in [2.75, 3.05) is 13.1 Å². The summed E-state index contributed by atoms with van der Waals surface area (Å²) in [6, 6.07) is 6.11. The van der Waals surface area contributed by atoms with E-state index in [-0.39, 0.29) is 18.4 Å².